The first-order chi connectivity index (χ1) is 10.5. The second-order valence-corrected chi connectivity index (χ2v) is 5.03. The number of nitrogens with zero attached hydrogens (tertiary/aromatic N) is 5. The van der Waals surface area contributed by atoms with Crippen LogP contribution in [0.4, 0.5) is 13.2 Å². The van der Waals surface area contributed by atoms with Gasteiger partial charge in [-0.15, -0.1) is 0 Å². The maximum absolute atomic E-state index is 12.6. The number of fused-ring (bicyclic) bond motifs is 1. The average Bonchev–Trinajstić information content (AvgIpc) is 3.12. The molecule has 0 saturated carbocycles. The van der Waals surface area contributed by atoms with E-state index in [-0.39, 0.29) is 0 Å². The Bertz CT molecular complexity index is 774. The molecule has 3 rings (SSSR count). The normalized spacial score (nSPS) is 13.6. The molecule has 0 aliphatic rings. The molecule has 0 radical (unpaired) electrons. The van der Waals surface area contributed by atoms with Gasteiger partial charge in [-0.3, -0.25) is 9.67 Å². The van der Waals surface area contributed by atoms with Gasteiger partial charge < -0.3 is 0 Å². The fraction of sp³-hybridized carbons (Fsp3) is 0.357. The molecule has 1 atom stereocenters. The first-order valence-electron chi connectivity index (χ1n) is 6.87. The summed E-state index contributed by atoms with van der Waals surface area (Å²) in [6.07, 6.45) is 3.34. The van der Waals surface area contributed by atoms with Crippen LogP contribution < -0.4 is 0 Å². The van der Waals surface area contributed by atoms with E-state index < -0.39 is 18.6 Å². The third kappa shape index (κ3) is 2.81. The summed E-state index contributed by atoms with van der Waals surface area (Å²) in [4.78, 5) is 4.29. The van der Waals surface area contributed by atoms with Gasteiger partial charge in [-0.2, -0.15) is 23.4 Å². The van der Waals surface area contributed by atoms with E-state index in [0.29, 0.717) is 17.7 Å². The molecule has 0 spiro atoms. The van der Waals surface area contributed by atoms with Crippen molar-refractivity contribution in [2.24, 2.45) is 0 Å². The van der Waals surface area contributed by atoms with Crippen molar-refractivity contribution >= 4 is 5.52 Å². The predicted octanol–water partition coefficient (Wildman–Crippen LogP) is 3.50. The Kier molecular flexibility index (Phi) is 3.59. The van der Waals surface area contributed by atoms with Crippen LogP contribution in [0.15, 0.2) is 37.1 Å². The van der Waals surface area contributed by atoms with E-state index in [1.165, 1.54) is 10.9 Å². The smallest absolute Gasteiger partial charge is 0.269 e. The molecule has 0 aliphatic heterocycles. The molecular formula is C14H14F3N5. The zero-order valence-electron chi connectivity index (χ0n) is 11.8. The van der Waals surface area contributed by atoms with Gasteiger partial charge in [-0.1, -0.05) is 6.92 Å². The molecule has 0 bridgehead atoms. The van der Waals surface area contributed by atoms with Gasteiger partial charge >= 0.3 is 6.18 Å². The lowest BCUT2D eigenvalue weighted by molar-refractivity contribution is -0.143. The van der Waals surface area contributed by atoms with Crippen molar-refractivity contribution in [3.8, 4) is 11.3 Å². The maximum atomic E-state index is 12.6. The molecule has 5 nitrogen and oxygen atoms in total. The van der Waals surface area contributed by atoms with Gasteiger partial charge in [0.2, 0.25) is 0 Å². The SMILES string of the molecule is CCC(CC(F)(F)F)n1cc(-c2nccn3nccc23)cn1. The van der Waals surface area contributed by atoms with Gasteiger partial charge in [-0.05, 0) is 12.5 Å². The Balaban J connectivity index is 1.95. The topological polar surface area (TPSA) is 48.0 Å². The van der Waals surface area contributed by atoms with E-state index in [1.54, 1.807) is 42.3 Å². The maximum Gasteiger partial charge on any atom is 0.391 e. The minimum Gasteiger partial charge on any atom is -0.269 e. The summed E-state index contributed by atoms with van der Waals surface area (Å²) in [5, 5.41) is 8.20. The van der Waals surface area contributed by atoms with Crippen LogP contribution in [0.5, 0.6) is 0 Å². The van der Waals surface area contributed by atoms with Crippen LogP contribution in [0.1, 0.15) is 25.8 Å². The second kappa shape index (κ2) is 5.43. The van der Waals surface area contributed by atoms with E-state index in [9.17, 15) is 13.2 Å². The van der Waals surface area contributed by atoms with Gasteiger partial charge in [0.05, 0.1) is 36.1 Å². The Morgan fingerprint density at radius 2 is 2.05 bits per heavy atom. The summed E-state index contributed by atoms with van der Waals surface area (Å²) in [5.74, 6) is 0. The van der Waals surface area contributed by atoms with Crippen molar-refractivity contribution < 1.29 is 13.2 Å². The van der Waals surface area contributed by atoms with Crippen LogP contribution in [0.2, 0.25) is 0 Å². The van der Waals surface area contributed by atoms with Gasteiger partial charge in [0.15, 0.2) is 0 Å². The average molecular weight is 309 g/mol. The molecule has 3 heterocycles. The summed E-state index contributed by atoms with van der Waals surface area (Å²) >= 11 is 0. The molecule has 3 aromatic rings. The van der Waals surface area contributed by atoms with E-state index in [1.807, 2.05) is 0 Å². The lowest BCUT2D eigenvalue weighted by atomic mass is 10.1. The van der Waals surface area contributed by atoms with Crippen LogP contribution in [-0.4, -0.2) is 30.6 Å². The lowest BCUT2D eigenvalue weighted by Crippen LogP contribution is -2.18. The molecule has 0 aliphatic carbocycles. The molecule has 0 fully saturated rings. The molecule has 0 saturated heterocycles. The van der Waals surface area contributed by atoms with Crippen LogP contribution >= 0.6 is 0 Å². The minimum atomic E-state index is -4.21. The quantitative estimate of drug-likeness (QED) is 0.741. The van der Waals surface area contributed by atoms with E-state index in [2.05, 4.69) is 15.2 Å². The lowest BCUT2D eigenvalue weighted by Gasteiger charge is -2.17. The fourth-order valence-electron chi connectivity index (χ4n) is 2.43. The largest absolute Gasteiger partial charge is 0.391 e. The number of alkyl halides is 3. The minimum absolute atomic E-state index is 0.352. The number of hydrogen-bond donors (Lipinski definition) is 0. The van der Waals surface area contributed by atoms with Gasteiger partial charge in [0, 0.05) is 24.2 Å². The van der Waals surface area contributed by atoms with Crippen LogP contribution in [0.3, 0.4) is 0 Å². The van der Waals surface area contributed by atoms with Crippen molar-refractivity contribution in [1.29, 1.82) is 0 Å². The highest BCUT2D eigenvalue weighted by molar-refractivity contribution is 5.75. The number of hydrogen-bond acceptors (Lipinski definition) is 3. The predicted molar refractivity (Wildman–Crippen MR) is 74.2 cm³/mol. The summed E-state index contributed by atoms with van der Waals surface area (Å²) < 4.78 is 40.9. The molecule has 22 heavy (non-hydrogen) atoms. The Labute approximate surface area is 124 Å². The van der Waals surface area contributed by atoms with Crippen molar-refractivity contribution in [3.05, 3.63) is 37.1 Å². The monoisotopic (exact) mass is 309 g/mol. The van der Waals surface area contributed by atoms with Gasteiger partial charge in [0.1, 0.15) is 0 Å². The standard InChI is InChI=1S/C14H14F3N5/c1-2-11(7-14(15,16)17)22-9-10(8-20-22)13-12-3-4-19-21(12)6-5-18-13/h3-6,8-9,11H,2,7H2,1H3. The van der Waals surface area contributed by atoms with Crippen molar-refractivity contribution in [3.63, 3.8) is 0 Å². The zero-order valence-corrected chi connectivity index (χ0v) is 11.8. The van der Waals surface area contributed by atoms with Crippen molar-refractivity contribution in [1.82, 2.24) is 24.4 Å². The first-order valence-corrected chi connectivity index (χ1v) is 6.87. The summed E-state index contributed by atoms with van der Waals surface area (Å²) in [6, 6.07) is 1.09. The van der Waals surface area contributed by atoms with E-state index in [4.69, 9.17) is 0 Å². The Morgan fingerprint density at radius 1 is 1.23 bits per heavy atom. The van der Waals surface area contributed by atoms with E-state index in [0.717, 1.165) is 5.52 Å². The summed E-state index contributed by atoms with van der Waals surface area (Å²) in [6.45, 7) is 1.72. The third-order valence-corrected chi connectivity index (χ3v) is 3.51. The van der Waals surface area contributed by atoms with Crippen LogP contribution in [-0.2, 0) is 0 Å². The molecule has 0 N–H and O–H groups in total. The summed E-state index contributed by atoms with van der Waals surface area (Å²) in [5.41, 5.74) is 2.10. The van der Waals surface area contributed by atoms with Crippen LogP contribution in [0, 0.1) is 0 Å². The number of halogens is 3. The molecule has 1 unspecified atom stereocenters. The highest BCUT2D eigenvalue weighted by Crippen LogP contribution is 2.30. The van der Waals surface area contributed by atoms with Crippen molar-refractivity contribution in [2.75, 3.05) is 0 Å². The molecule has 0 amide bonds. The van der Waals surface area contributed by atoms with Gasteiger partial charge in [-0.25, -0.2) is 4.52 Å². The Morgan fingerprint density at radius 3 is 2.77 bits per heavy atom. The molecule has 3 aromatic heterocycles. The highest BCUT2D eigenvalue weighted by Gasteiger charge is 2.32. The van der Waals surface area contributed by atoms with Gasteiger partial charge in [0.25, 0.3) is 0 Å². The Hall–Kier alpha value is -2.38. The third-order valence-electron chi connectivity index (χ3n) is 3.51. The highest BCUT2D eigenvalue weighted by atomic mass is 19.4. The molecular weight excluding hydrogens is 295 g/mol. The molecule has 0 aromatic carbocycles. The van der Waals surface area contributed by atoms with E-state index >= 15 is 0 Å². The van der Waals surface area contributed by atoms with Crippen LogP contribution in [0.25, 0.3) is 16.8 Å². The first kappa shape index (κ1) is 14.6. The second-order valence-electron chi connectivity index (χ2n) is 5.03. The number of aromatic nitrogens is 5. The fourth-order valence-corrected chi connectivity index (χ4v) is 2.43. The van der Waals surface area contributed by atoms with Crippen molar-refractivity contribution in [2.45, 2.75) is 32.0 Å². The molecule has 8 heteroatoms. The summed E-state index contributed by atoms with van der Waals surface area (Å²) in [7, 11) is 0. The number of rotatable bonds is 4. The zero-order chi connectivity index (χ0) is 15.7. The molecule has 116 valence electrons.